The Kier molecular flexibility index (Phi) is 6.41. The van der Waals surface area contributed by atoms with E-state index < -0.39 is 0 Å². The molecular formula is C25H19ClN6S. The van der Waals surface area contributed by atoms with Gasteiger partial charge in [-0.3, -0.25) is 0 Å². The van der Waals surface area contributed by atoms with Gasteiger partial charge < -0.3 is 0 Å². The smallest absolute Gasteiger partial charge is 0.210 e. The van der Waals surface area contributed by atoms with Gasteiger partial charge in [-0.25, -0.2) is 9.67 Å². The lowest BCUT2D eigenvalue weighted by molar-refractivity contribution is 0.649. The lowest BCUT2D eigenvalue weighted by Crippen LogP contribution is -2.00. The second-order valence-corrected chi connectivity index (χ2v) is 8.73. The number of aromatic nitrogens is 6. The monoisotopic (exact) mass is 470 g/mol. The molecule has 0 aliphatic carbocycles. The Morgan fingerprint density at radius 2 is 1.39 bits per heavy atom. The Balaban J connectivity index is 1.34. The van der Waals surface area contributed by atoms with Gasteiger partial charge in [0.1, 0.15) is 11.4 Å². The van der Waals surface area contributed by atoms with E-state index in [0.717, 1.165) is 38.8 Å². The van der Waals surface area contributed by atoms with E-state index in [1.165, 1.54) is 11.8 Å². The molecule has 0 fully saturated rings. The van der Waals surface area contributed by atoms with Gasteiger partial charge in [0.25, 0.3) is 0 Å². The maximum atomic E-state index is 5.96. The van der Waals surface area contributed by atoms with Crippen LogP contribution in [0.1, 0.15) is 11.3 Å². The summed E-state index contributed by atoms with van der Waals surface area (Å²) >= 11 is 7.45. The average molecular weight is 471 g/mol. The number of benzene rings is 3. The molecule has 0 bridgehead atoms. The molecule has 0 spiro atoms. The van der Waals surface area contributed by atoms with Gasteiger partial charge in [0.2, 0.25) is 5.16 Å². The molecular weight excluding hydrogens is 452 g/mol. The fraction of sp³-hybridized carbons (Fsp3) is 0.0800. The zero-order valence-corrected chi connectivity index (χ0v) is 19.1. The Morgan fingerprint density at radius 1 is 0.727 bits per heavy atom. The van der Waals surface area contributed by atoms with E-state index in [2.05, 4.69) is 20.5 Å². The highest BCUT2D eigenvalue weighted by Gasteiger charge is 2.14. The van der Waals surface area contributed by atoms with Crippen LogP contribution in [0, 0.1) is 0 Å². The van der Waals surface area contributed by atoms with Crippen LogP contribution in [-0.4, -0.2) is 30.2 Å². The van der Waals surface area contributed by atoms with E-state index >= 15 is 0 Å². The summed E-state index contributed by atoms with van der Waals surface area (Å²) in [5.41, 5.74) is 5.52. The van der Waals surface area contributed by atoms with Crippen molar-refractivity contribution in [2.24, 2.45) is 0 Å². The predicted octanol–water partition coefficient (Wildman–Crippen LogP) is 5.79. The topological polar surface area (TPSA) is 69.4 Å². The van der Waals surface area contributed by atoms with Crippen LogP contribution < -0.4 is 0 Å². The van der Waals surface area contributed by atoms with Crippen molar-refractivity contribution in [3.8, 4) is 22.5 Å². The molecule has 0 radical (unpaired) electrons. The Hall–Kier alpha value is -3.55. The van der Waals surface area contributed by atoms with Crippen molar-refractivity contribution in [1.29, 1.82) is 0 Å². The minimum atomic E-state index is 0.598. The SMILES string of the molecule is Clc1ccc(Cn2cc(CSc3nnc(-c4ccccc4)c(-c4ccccc4)n3)nn2)cc1. The van der Waals surface area contributed by atoms with Crippen LogP contribution in [0.25, 0.3) is 22.5 Å². The van der Waals surface area contributed by atoms with Gasteiger partial charge in [0.15, 0.2) is 0 Å². The largest absolute Gasteiger partial charge is 0.248 e. The molecule has 0 unspecified atom stereocenters. The van der Waals surface area contributed by atoms with Crippen molar-refractivity contribution >= 4 is 23.4 Å². The van der Waals surface area contributed by atoms with Gasteiger partial charge in [-0.1, -0.05) is 101 Å². The lowest BCUT2D eigenvalue weighted by atomic mass is 10.0. The molecule has 5 aromatic rings. The summed E-state index contributed by atoms with van der Waals surface area (Å²) in [6, 6.07) is 27.8. The van der Waals surface area contributed by atoms with E-state index in [0.29, 0.717) is 17.5 Å². The molecule has 0 saturated carbocycles. The molecule has 162 valence electrons. The van der Waals surface area contributed by atoms with Crippen LogP contribution in [0.3, 0.4) is 0 Å². The normalized spacial score (nSPS) is 10.9. The van der Waals surface area contributed by atoms with Crippen LogP contribution in [0.15, 0.2) is 96.3 Å². The zero-order chi connectivity index (χ0) is 22.5. The maximum absolute atomic E-state index is 5.96. The Morgan fingerprint density at radius 3 is 2.09 bits per heavy atom. The predicted molar refractivity (Wildman–Crippen MR) is 131 cm³/mol. The van der Waals surface area contributed by atoms with E-state index in [1.807, 2.05) is 95.8 Å². The molecule has 0 amide bonds. The zero-order valence-electron chi connectivity index (χ0n) is 17.5. The fourth-order valence-electron chi connectivity index (χ4n) is 3.36. The first-order chi connectivity index (χ1) is 16.2. The average Bonchev–Trinajstić information content (AvgIpc) is 3.32. The molecule has 2 aromatic heterocycles. The van der Waals surface area contributed by atoms with Crippen molar-refractivity contribution < 1.29 is 0 Å². The van der Waals surface area contributed by atoms with Crippen LogP contribution in [0.5, 0.6) is 0 Å². The third-order valence-corrected chi connectivity index (χ3v) is 6.08. The first kappa shape index (κ1) is 21.3. The fourth-order valence-corrected chi connectivity index (χ4v) is 4.15. The number of rotatable bonds is 7. The molecule has 8 heteroatoms. The molecule has 0 saturated heterocycles. The van der Waals surface area contributed by atoms with Crippen LogP contribution in [0.4, 0.5) is 0 Å². The van der Waals surface area contributed by atoms with Crippen LogP contribution in [-0.2, 0) is 12.3 Å². The van der Waals surface area contributed by atoms with Gasteiger partial charge in [0, 0.05) is 28.1 Å². The summed E-state index contributed by atoms with van der Waals surface area (Å²) in [4.78, 5) is 4.84. The molecule has 0 aliphatic heterocycles. The van der Waals surface area contributed by atoms with Gasteiger partial charge >= 0.3 is 0 Å². The lowest BCUT2D eigenvalue weighted by Gasteiger charge is -2.09. The first-order valence-electron chi connectivity index (χ1n) is 10.4. The summed E-state index contributed by atoms with van der Waals surface area (Å²) in [6.45, 7) is 0.636. The second-order valence-electron chi connectivity index (χ2n) is 7.35. The molecule has 0 N–H and O–H groups in total. The Bertz CT molecular complexity index is 1340. The molecule has 0 aliphatic rings. The molecule has 0 atom stereocenters. The van der Waals surface area contributed by atoms with Gasteiger partial charge in [-0.15, -0.1) is 15.3 Å². The summed E-state index contributed by atoms with van der Waals surface area (Å²) in [5.74, 6) is 0.598. The molecule has 3 aromatic carbocycles. The first-order valence-corrected chi connectivity index (χ1v) is 11.7. The van der Waals surface area contributed by atoms with Crippen molar-refractivity contribution in [3.05, 3.63) is 107 Å². The van der Waals surface area contributed by atoms with E-state index in [-0.39, 0.29) is 0 Å². The van der Waals surface area contributed by atoms with E-state index in [9.17, 15) is 0 Å². The van der Waals surface area contributed by atoms with Gasteiger partial charge in [-0.05, 0) is 17.7 Å². The van der Waals surface area contributed by atoms with E-state index in [1.54, 1.807) is 0 Å². The summed E-state index contributed by atoms with van der Waals surface area (Å²) in [6.07, 6.45) is 1.94. The highest BCUT2D eigenvalue weighted by molar-refractivity contribution is 7.98. The standard InChI is InChI=1S/C25H19ClN6S/c26-21-13-11-18(12-14-21)15-32-16-22(28-31-32)17-33-25-27-23(19-7-3-1-4-8-19)24(29-30-25)20-9-5-2-6-10-20/h1-14,16H,15,17H2. The van der Waals surface area contributed by atoms with Gasteiger partial charge in [0.05, 0.1) is 12.2 Å². The summed E-state index contributed by atoms with van der Waals surface area (Å²) < 4.78 is 1.81. The number of hydrogen-bond acceptors (Lipinski definition) is 6. The van der Waals surface area contributed by atoms with Crippen molar-refractivity contribution in [2.75, 3.05) is 0 Å². The second kappa shape index (κ2) is 9.94. The summed E-state index contributed by atoms with van der Waals surface area (Å²) in [7, 11) is 0. The molecule has 6 nitrogen and oxygen atoms in total. The molecule has 5 rings (SSSR count). The van der Waals surface area contributed by atoms with Crippen LogP contribution in [0.2, 0.25) is 5.02 Å². The molecule has 2 heterocycles. The number of nitrogens with zero attached hydrogens (tertiary/aromatic N) is 6. The third-order valence-electron chi connectivity index (χ3n) is 4.95. The highest BCUT2D eigenvalue weighted by atomic mass is 35.5. The number of hydrogen-bond donors (Lipinski definition) is 0. The molecule has 33 heavy (non-hydrogen) atoms. The van der Waals surface area contributed by atoms with E-state index in [4.69, 9.17) is 16.6 Å². The summed E-state index contributed by atoms with van der Waals surface area (Å²) in [5, 5.41) is 18.7. The quantitative estimate of drug-likeness (QED) is 0.280. The van der Waals surface area contributed by atoms with Crippen molar-refractivity contribution in [2.45, 2.75) is 17.5 Å². The third kappa shape index (κ3) is 5.27. The minimum absolute atomic E-state index is 0.598. The number of halogens is 1. The minimum Gasteiger partial charge on any atom is -0.248 e. The van der Waals surface area contributed by atoms with Gasteiger partial charge in [-0.2, -0.15) is 0 Å². The van der Waals surface area contributed by atoms with Crippen LogP contribution >= 0.6 is 23.4 Å². The number of thioether (sulfide) groups is 1. The highest BCUT2D eigenvalue weighted by Crippen LogP contribution is 2.30. The maximum Gasteiger partial charge on any atom is 0.210 e. The van der Waals surface area contributed by atoms with Crippen molar-refractivity contribution in [3.63, 3.8) is 0 Å². The van der Waals surface area contributed by atoms with Crippen molar-refractivity contribution in [1.82, 2.24) is 30.2 Å². The Labute approximate surface area is 200 Å².